The van der Waals surface area contributed by atoms with Crippen LogP contribution in [-0.2, 0) is 11.3 Å². The second kappa shape index (κ2) is 7.90. The second-order valence-corrected chi connectivity index (χ2v) is 6.58. The van der Waals surface area contributed by atoms with Crippen molar-refractivity contribution in [3.8, 4) is 5.75 Å². The number of amides is 1. The number of aromatic amines is 1. The van der Waals surface area contributed by atoms with Crippen LogP contribution < -0.4 is 15.8 Å². The van der Waals surface area contributed by atoms with Gasteiger partial charge < -0.3 is 20.5 Å². The van der Waals surface area contributed by atoms with Gasteiger partial charge in [-0.3, -0.25) is 9.89 Å². The van der Waals surface area contributed by atoms with Crippen LogP contribution in [0.25, 0.3) is 0 Å². The van der Waals surface area contributed by atoms with Crippen LogP contribution in [0.15, 0.2) is 41.4 Å². The van der Waals surface area contributed by atoms with Crippen molar-refractivity contribution in [1.82, 2.24) is 10.2 Å². The largest absolute Gasteiger partial charge is 0.466 e. The van der Waals surface area contributed by atoms with Crippen LogP contribution in [0.4, 0.5) is 21.7 Å². The van der Waals surface area contributed by atoms with E-state index in [4.69, 9.17) is 26.8 Å². The highest BCUT2D eigenvalue weighted by Gasteiger charge is 2.19. The summed E-state index contributed by atoms with van der Waals surface area (Å²) in [5, 5.41) is 10.3. The average molecular weight is 416 g/mol. The summed E-state index contributed by atoms with van der Waals surface area (Å²) in [6.45, 7) is 0.297. The fourth-order valence-electron chi connectivity index (χ4n) is 2.86. The number of anilines is 2. The Morgan fingerprint density at radius 1 is 1.34 bits per heavy atom. The summed E-state index contributed by atoms with van der Waals surface area (Å²) in [4.78, 5) is 16.2. The van der Waals surface area contributed by atoms with Crippen molar-refractivity contribution in [3.05, 3.63) is 63.9 Å². The van der Waals surface area contributed by atoms with Gasteiger partial charge in [0.25, 0.3) is 5.91 Å². The summed E-state index contributed by atoms with van der Waals surface area (Å²) < 4.78 is 24.5. The zero-order valence-electron chi connectivity index (χ0n) is 14.9. The minimum atomic E-state index is -0.728. The van der Waals surface area contributed by atoms with E-state index in [9.17, 15) is 9.18 Å². The number of aromatic nitrogens is 2. The molecule has 0 spiro atoms. The predicted molar refractivity (Wildman–Crippen MR) is 106 cm³/mol. The molecule has 2 aromatic carbocycles. The number of ether oxygens (including phenoxy) is 2. The van der Waals surface area contributed by atoms with Gasteiger partial charge in [-0.2, -0.15) is 5.10 Å². The molecule has 8 nitrogen and oxygen atoms in total. The number of nitrogens with one attached hydrogen (secondary N) is 2. The van der Waals surface area contributed by atoms with Gasteiger partial charge >= 0.3 is 0 Å². The topological polar surface area (TPSA) is 115 Å². The fraction of sp³-hybridized carbons (Fsp3) is 0.105. The Morgan fingerprint density at radius 3 is 2.90 bits per heavy atom. The van der Waals surface area contributed by atoms with Gasteiger partial charge in [0.2, 0.25) is 0 Å². The first-order chi connectivity index (χ1) is 14.0. The molecule has 4 N–H and O–H groups in total. The minimum Gasteiger partial charge on any atom is -0.466 e. The van der Waals surface area contributed by atoms with Crippen molar-refractivity contribution in [3.63, 3.8) is 0 Å². The van der Waals surface area contributed by atoms with Crippen molar-refractivity contribution >= 4 is 41.0 Å². The SMILES string of the molecule is NC(=O)c1c(Nc2ccc(Cl)cc2)n[nH]c1/N=C/c1cc(F)cc2c1OCOC2. The lowest BCUT2D eigenvalue weighted by molar-refractivity contribution is -0.0166. The number of halogens is 2. The number of carbonyl (C=O) groups is 1. The van der Waals surface area contributed by atoms with Crippen LogP contribution >= 0.6 is 11.6 Å². The van der Waals surface area contributed by atoms with E-state index in [2.05, 4.69) is 20.5 Å². The van der Waals surface area contributed by atoms with Crippen LogP contribution in [0.2, 0.25) is 5.02 Å². The monoisotopic (exact) mass is 415 g/mol. The van der Waals surface area contributed by atoms with Crippen LogP contribution in [0.1, 0.15) is 21.5 Å². The van der Waals surface area contributed by atoms with Crippen molar-refractivity contribution in [2.24, 2.45) is 10.7 Å². The van der Waals surface area contributed by atoms with Gasteiger partial charge in [-0.15, -0.1) is 0 Å². The van der Waals surface area contributed by atoms with Crippen LogP contribution in [0, 0.1) is 5.82 Å². The van der Waals surface area contributed by atoms with Gasteiger partial charge in [0.05, 0.1) is 6.61 Å². The number of rotatable bonds is 5. The Hall–Kier alpha value is -3.43. The molecule has 2 heterocycles. The molecule has 148 valence electrons. The van der Waals surface area contributed by atoms with E-state index in [1.54, 1.807) is 24.3 Å². The maximum absolute atomic E-state index is 13.9. The number of primary amides is 1. The molecule has 0 saturated heterocycles. The summed E-state index contributed by atoms with van der Waals surface area (Å²) in [5.74, 6) is -0.379. The molecule has 0 aliphatic carbocycles. The molecule has 0 fully saturated rings. The molecule has 10 heteroatoms. The smallest absolute Gasteiger partial charge is 0.256 e. The van der Waals surface area contributed by atoms with E-state index in [0.717, 1.165) is 0 Å². The fourth-order valence-corrected chi connectivity index (χ4v) is 2.98. The molecular formula is C19H15ClFN5O3. The Balaban J connectivity index is 1.66. The molecule has 0 bridgehead atoms. The molecule has 1 aliphatic heterocycles. The number of benzene rings is 2. The molecule has 4 rings (SSSR count). The molecule has 29 heavy (non-hydrogen) atoms. The summed E-state index contributed by atoms with van der Waals surface area (Å²) in [7, 11) is 0. The van der Waals surface area contributed by atoms with Crippen LogP contribution in [-0.4, -0.2) is 29.1 Å². The van der Waals surface area contributed by atoms with Gasteiger partial charge in [-0.1, -0.05) is 11.6 Å². The lowest BCUT2D eigenvalue weighted by atomic mass is 10.1. The van der Waals surface area contributed by atoms with Gasteiger partial charge in [-0.05, 0) is 36.4 Å². The third kappa shape index (κ3) is 4.05. The second-order valence-electron chi connectivity index (χ2n) is 6.14. The number of nitrogens with two attached hydrogens (primary N) is 1. The predicted octanol–water partition coefficient (Wildman–Crippen LogP) is 3.66. The molecule has 0 atom stereocenters. The molecule has 1 aliphatic rings. The summed E-state index contributed by atoms with van der Waals surface area (Å²) in [6.07, 6.45) is 1.37. The number of hydrogen-bond donors (Lipinski definition) is 3. The first-order valence-electron chi connectivity index (χ1n) is 8.49. The maximum Gasteiger partial charge on any atom is 0.256 e. The van der Waals surface area contributed by atoms with Gasteiger partial charge in [0.1, 0.15) is 17.1 Å². The van der Waals surface area contributed by atoms with Gasteiger partial charge in [-0.25, -0.2) is 9.38 Å². The highest BCUT2D eigenvalue weighted by Crippen LogP contribution is 2.30. The van der Waals surface area contributed by atoms with Gasteiger partial charge in [0.15, 0.2) is 18.4 Å². The third-order valence-electron chi connectivity index (χ3n) is 4.14. The van der Waals surface area contributed by atoms with E-state index in [-0.39, 0.29) is 30.6 Å². The number of aliphatic imine (C=N–C) groups is 1. The highest BCUT2D eigenvalue weighted by molar-refractivity contribution is 6.30. The van der Waals surface area contributed by atoms with E-state index < -0.39 is 11.7 Å². The maximum atomic E-state index is 13.9. The van der Waals surface area contributed by atoms with Crippen LogP contribution in [0.3, 0.4) is 0 Å². The lowest BCUT2D eigenvalue weighted by Crippen LogP contribution is -2.13. The summed E-state index contributed by atoms with van der Waals surface area (Å²) >= 11 is 5.87. The highest BCUT2D eigenvalue weighted by atomic mass is 35.5. The first-order valence-corrected chi connectivity index (χ1v) is 8.87. The van der Waals surface area contributed by atoms with E-state index in [0.29, 0.717) is 27.6 Å². The Bertz CT molecular complexity index is 1100. The molecule has 0 saturated carbocycles. The van der Waals surface area contributed by atoms with Crippen molar-refractivity contribution < 1.29 is 18.7 Å². The van der Waals surface area contributed by atoms with Gasteiger partial charge in [0, 0.05) is 28.1 Å². The minimum absolute atomic E-state index is 0.0607. The average Bonchev–Trinajstić information content (AvgIpc) is 3.10. The molecular weight excluding hydrogens is 401 g/mol. The zero-order valence-corrected chi connectivity index (χ0v) is 15.7. The van der Waals surface area contributed by atoms with Crippen molar-refractivity contribution in [2.45, 2.75) is 6.61 Å². The zero-order chi connectivity index (χ0) is 20.4. The molecule has 1 aromatic heterocycles. The molecule has 3 aromatic rings. The first kappa shape index (κ1) is 18.9. The molecule has 0 unspecified atom stereocenters. The Labute approximate surface area is 169 Å². The number of hydrogen-bond acceptors (Lipinski definition) is 6. The Morgan fingerprint density at radius 2 is 2.14 bits per heavy atom. The summed E-state index contributed by atoms with van der Waals surface area (Å²) in [6, 6.07) is 9.45. The van der Waals surface area contributed by atoms with Crippen molar-refractivity contribution in [1.29, 1.82) is 0 Å². The van der Waals surface area contributed by atoms with E-state index >= 15 is 0 Å². The standard InChI is InChI=1S/C19H15ClFN5O3/c20-12-1-3-14(4-2-12)24-19-15(17(22)27)18(25-26-19)23-7-10-5-13(21)6-11-8-28-9-29-16(10)11/h1-7H,8-9H2,(H2,22,27)(H2,24,25,26)/b23-7+. The quantitative estimate of drug-likeness (QED) is 0.550. The van der Waals surface area contributed by atoms with Crippen molar-refractivity contribution in [2.75, 3.05) is 12.1 Å². The van der Waals surface area contributed by atoms with E-state index in [1.165, 1.54) is 18.3 Å². The lowest BCUT2D eigenvalue weighted by Gasteiger charge is -2.19. The van der Waals surface area contributed by atoms with Crippen LogP contribution in [0.5, 0.6) is 5.75 Å². The molecule has 1 amide bonds. The van der Waals surface area contributed by atoms with E-state index in [1.807, 2.05) is 0 Å². The Kier molecular flexibility index (Phi) is 5.15. The number of carbonyl (C=O) groups excluding carboxylic acids is 1. The normalized spacial score (nSPS) is 13.2. The summed E-state index contributed by atoms with van der Waals surface area (Å²) in [5.41, 5.74) is 7.20. The number of nitrogens with zero attached hydrogens (tertiary/aromatic N) is 2. The molecule has 0 radical (unpaired) electrons. The number of fused-ring (bicyclic) bond motifs is 1. The third-order valence-corrected chi connectivity index (χ3v) is 4.39. The number of H-pyrrole nitrogens is 1.